The molecule has 0 fully saturated rings. The van der Waals surface area contributed by atoms with Crippen molar-refractivity contribution in [1.82, 2.24) is 9.97 Å². The second-order valence-corrected chi connectivity index (χ2v) is 23.1. The fourth-order valence-corrected chi connectivity index (χ4v) is 10.4. The quantitative estimate of drug-likeness (QED) is 0.0148. The molecule has 0 amide bonds. The number of ketones is 1. The summed E-state index contributed by atoms with van der Waals surface area (Å²) in [5.41, 5.74) is 3.16. The van der Waals surface area contributed by atoms with Gasteiger partial charge in [0.15, 0.2) is 23.0 Å². The molecule has 10 nitrogen and oxygen atoms in total. The van der Waals surface area contributed by atoms with Gasteiger partial charge in [-0.15, -0.1) is 0 Å². The monoisotopic (exact) mass is 1170 g/mol. The number of allylic oxidation sites excluding steroid dienone is 1. The summed E-state index contributed by atoms with van der Waals surface area (Å²) in [4.78, 5) is 20.8. The van der Waals surface area contributed by atoms with E-state index in [1.54, 1.807) is 18.2 Å². The highest BCUT2D eigenvalue weighted by molar-refractivity contribution is 6.36. The van der Waals surface area contributed by atoms with Crippen LogP contribution in [0.4, 0.5) is 8.63 Å². The second kappa shape index (κ2) is 46.2. The van der Waals surface area contributed by atoms with Gasteiger partial charge >= 0.3 is 7.47 Å². The summed E-state index contributed by atoms with van der Waals surface area (Å²) < 4.78 is 73.3. The summed E-state index contributed by atoms with van der Waals surface area (Å²) in [6.45, 7) is 16.6. The van der Waals surface area contributed by atoms with Crippen molar-refractivity contribution in [2.24, 2.45) is 0 Å². The highest BCUT2D eigenvalue weighted by Gasteiger charge is 2.25. The van der Waals surface area contributed by atoms with E-state index < -0.39 is 13.3 Å². The molecule has 2 N–H and O–H groups in total. The smallest absolute Gasteiger partial charge is 0.503 e. The van der Waals surface area contributed by atoms with Crippen LogP contribution < -0.4 is 28.4 Å². The van der Waals surface area contributed by atoms with E-state index in [1.165, 1.54) is 141 Å². The lowest BCUT2D eigenvalue weighted by Crippen LogP contribution is -2.07. The van der Waals surface area contributed by atoms with Crippen molar-refractivity contribution in [1.29, 1.82) is 0 Å². The molecule has 0 saturated heterocycles. The Morgan fingerprint density at radius 2 is 0.631 bits per heavy atom. The Kier molecular flexibility index (Phi) is 39.3. The molecule has 0 aliphatic rings. The van der Waals surface area contributed by atoms with Crippen LogP contribution in [0.1, 0.15) is 289 Å². The van der Waals surface area contributed by atoms with Gasteiger partial charge in [-0.3, -0.25) is 4.79 Å². The molecule has 0 aliphatic heterocycles. The molecule has 4 aromatic rings. The van der Waals surface area contributed by atoms with Crippen molar-refractivity contribution in [2.75, 3.05) is 39.6 Å². The first-order valence-electron chi connectivity index (χ1n) is 34.0. The average Bonchev–Trinajstić information content (AvgIpc) is 3.41. The maximum absolute atomic E-state index is 14.4. The van der Waals surface area contributed by atoms with Gasteiger partial charge in [0, 0.05) is 28.6 Å². The molecule has 0 bridgehead atoms. The van der Waals surface area contributed by atoms with Crippen LogP contribution in [0.25, 0.3) is 28.3 Å². The number of ether oxygens (including phenoxy) is 6. The molecule has 13 heteroatoms. The Bertz CT molecular complexity index is 2250. The molecule has 0 saturated carbocycles. The molecular weight excluding hydrogens is 1060 g/mol. The van der Waals surface area contributed by atoms with E-state index in [2.05, 4.69) is 51.5 Å². The molecule has 84 heavy (non-hydrogen) atoms. The summed E-state index contributed by atoms with van der Waals surface area (Å²) in [6.07, 6.45) is 42.1. The predicted octanol–water partition coefficient (Wildman–Crippen LogP) is 22.3. The third-order valence-electron chi connectivity index (χ3n) is 15.6. The number of hydrogen-bond acceptors (Lipinski definition) is 8. The number of carbonyl (C=O) groups is 1. The number of aromatic nitrogens is 2. The van der Waals surface area contributed by atoms with Gasteiger partial charge in [0.1, 0.15) is 5.76 Å². The second-order valence-electron chi connectivity index (χ2n) is 23.1. The SMILES string of the molecule is CCCCCCCCOc1cc(-c2ccc(C(=O)/C=C(\OB(F)F)c3ccc(-c4cc(OCCCCCCCC)c(OCCCCCCCC)c(OCCCCCCCC)c4)[nH]3)[nH]2)cc(OCCCCCCCC)c1OCCCCCCCC. The first-order chi connectivity index (χ1) is 41.3. The van der Waals surface area contributed by atoms with Gasteiger partial charge in [-0.1, -0.05) is 234 Å². The highest BCUT2D eigenvalue weighted by Crippen LogP contribution is 2.44. The normalized spacial score (nSPS) is 11.5. The fourth-order valence-electron chi connectivity index (χ4n) is 10.4. The fraction of sp³-hybridized carbons (Fsp3) is 0.676. The Balaban J connectivity index is 1.67. The Morgan fingerprint density at radius 1 is 0.369 bits per heavy atom. The van der Waals surface area contributed by atoms with E-state index in [1.807, 2.05) is 30.3 Å². The largest absolute Gasteiger partial charge is 0.796 e. The van der Waals surface area contributed by atoms with Crippen LogP contribution in [0.2, 0.25) is 0 Å². The van der Waals surface area contributed by atoms with Gasteiger partial charge in [0.05, 0.1) is 51.0 Å². The van der Waals surface area contributed by atoms with Gasteiger partial charge in [0.25, 0.3) is 0 Å². The van der Waals surface area contributed by atoms with E-state index in [0.717, 1.165) is 107 Å². The van der Waals surface area contributed by atoms with E-state index >= 15 is 0 Å². The highest BCUT2D eigenvalue weighted by atomic mass is 19.2. The minimum absolute atomic E-state index is 0.204. The number of hydrogen-bond donors (Lipinski definition) is 2. The number of H-pyrrole nitrogens is 2. The minimum atomic E-state index is -3.19. The Morgan fingerprint density at radius 3 is 0.929 bits per heavy atom. The lowest BCUT2D eigenvalue weighted by Gasteiger charge is -2.19. The first kappa shape index (κ1) is 71.4. The van der Waals surface area contributed by atoms with Gasteiger partial charge in [-0.25, -0.2) is 8.63 Å². The number of aromatic amines is 2. The van der Waals surface area contributed by atoms with E-state index in [0.29, 0.717) is 85.5 Å². The molecule has 0 aliphatic carbocycles. The summed E-state index contributed by atoms with van der Waals surface area (Å²) in [6, 6.07) is 14.7. The van der Waals surface area contributed by atoms with Crippen molar-refractivity contribution in [3.8, 4) is 57.0 Å². The van der Waals surface area contributed by atoms with Gasteiger partial charge in [0.2, 0.25) is 17.3 Å². The third-order valence-corrected chi connectivity index (χ3v) is 15.6. The number of benzene rings is 2. The van der Waals surface area contributed by atoms with Crippen molar-refractivity contribution >= 4 is 19.0 Å². The average molecular weight is 1170 g/mol. The zero-order chi connectivity index (χ0) is 60.1. The molecule has 2 heterocycles. The van der Waals surface area contributed by atoms with Gasteiger partial charge < -0.3 is 43.0 Å². The van der Waals surface area contributed by atoms with Gasteiger partial charge in [-0.2, -0.15) is 0 Å². The topological polar surface area (TPSA) is 113 Å². The molecule has 2 aromatic heterocycles. The van der Waals surface area contributed by atoms with Crippen molar-refractivity contribution < 1.29 is 46.5 Å². The lowest BCUT2D eigenvalue weighted by molar-refractivity contribution is 0.104. The molecule has 0 spiro atoms. The Hall–Kier alpha value is -5.07. The van der Waals surface area contributed by atoms with Crippen LogP contribution in [-0.4, -0.2) is 62.9 Å². The molecule has 4 rings (SSSR count). The van der Waals surface area contributed by atoms with Crippen LogP contribution in [0.3, 0.4) is 0 Å². The zero-order valence-corrected chi connectivity index (χ0v) is 53.5. The maximum Gasteiger partial charge on any atom is 0.796 e. The van der Waals surface area contributed by atoms with Crippen molar-refractivity contribution in [3.63, 3.8) is 0 Å². The molecular formula is C71H113BF2N2O8. The van der Waals surface area contributed by atoms with Crippen LogP contribution in [0.5, 0.6) is 34.5 Å². The Labute approximate surface area is 508 Å². The van der Waals surface area contributed by atoms with Crippen LogP contribution in [0.15, 0.2) is 54.6 Å². The summed E-state index contributed by atoms with van der Waals surface area (Å²) in [5.74, 6) is 2.75. The number of halogens is 2. The predicted molar refractivity (Wildman–Crippen MR) is 347 cm³/mol. The molecule has 0 unspecified atom stereocenters. The number of carbonyl (C=O) groups excluding carboxylic acids is 1. The van der Waals surface area contributed by atoms with E-state index in [-0.39, 0.29) is 17.1 Å². The molecule has 0 atom stereocenters. The van der Waals surface area contributed by atoms with Crippen LogP contribution in [0, 0.1) is 0 Å². The number of unbranched alkanes of at least 4 members (excludes halogenated alkanes) is 30. The number of rotatable bonds is 55. The number of nitrogens with one attached hydrogen (secondary N) is 2. The van der Waals surface area contributed by atoms with Crippen LogP contribution in [-0.2, 0) is 4.65 Å². The van der Waals surface area contributed by atoms with Crippen molar-refractivity contribution in [3.05, 3.63) is 66.0 Å². The van der Waals surface area contributed by atoms with Crippen LogP contribution >= 0.6 is 0 Å². The van der Waals surface area contributed by atoms with E-state index in [4.69, 9.17) is 33.1 Å². The lowest BCUT2D eigenvalue weighted by atomic mass is 10.1. The standard InChI is InChI=1S/C71H113BF2N2O8/c1-7-13-19-25-31-37-47-78-66-53-58(54-67(79-48-38-32-26-20-14-8-2)70(66)82-51-41-35-29-23-17-11-5)60-43-45-62(75-60)64(77)57-65(84-72(73)74)63-46-44-61(76-63)59-55-68(80-49-39-33-27-21-15-9-3)71(83-52-42-36-30-24-18-12-6)69(56-59)81-50-40-34-28-22-16-10-4/h43-46,53-57,75-76H,7-42,47-52H2,1-6H3/b65-57-. The summed E-state index contributed by atoms with van der Waals surface area (Å²) >= 11 is 0. The third kappa shape index (κ3) is 29.4. The first-order valence-corrected chi connectivity index (χ1v) is 34.0. The van der Waals surface area contributed by atoms with E-state index in [9.17, 15) is 13.4 Å². The summed E-state index contributed by atoms with van der Waals surface area (Å²) in [7, 11) is -3.19. The van der Waals surface area contributed by atoms with Gasteiger partial charge in [-0.05, 0) is 87.1 Å². The zero-order valence-electron chi connectivity index (χ0n) is 53.5. The van der Waals surface area contributed by atoms with Crippen molar-refractivity contribution in [2.45, 2.75) is 273 Å². The molecule has 2 aromatic carbocycles. The summed E-state index contributed by atoms with van der Waals surface area (Å²) in [5, 5.41) is 0. The molecule has 472 valence electrons. The minimum Gasteiger partial charge on any atom is -0.503 e. The molecule has 0 radical (unpaired) electrons. The maximum atomic E-state index is 14.4.